The minimum Gasteiger partial charge on any atom is -0.480 e. The largest absolute Gasteiger partial charge is 0.480 e. The van der Waals surface area contributed by atoms with Gasteiger partial charge >= 0.3 is 5.97 Å². The maximum Gasteiger partial charge on any atom is 0.344 e. The fourth-order valence-corrected chi connectivity index (χ4v) is 2.72. The normalized spacial score (nSPS) is 10.3. The maximum absolute atomic E-state index is 12.2. The highest BCUT2D eigenvalue weighted by atomic mass is 35.5. The molecule has 0 unspecified atom stereocenters. The Bertz CT molecular complexity index is 864. The van der Waals surface area contributed by atoms with Crippen molar-refractivity contribution >= 4 is 29.3 Å². The Morgan fingerprint density at radius 3 is 2.45 bits per heavy atom. The van der Waals surface area contributed by atoms with E-state index in [4.69, 9.17) is 21.1 Å². The minimum absolute atomic E-state index is 0.0483. The average Bonchev–Trinajstić information content (AvgIpc) is 2.70. The molecule has 0 aromatic heterocycles. The van der Waals surface area contributed by atoms with E-state index in [-0.39, 0.29) is 24.9 Å². The Morgan fingerprint density at radius 1 is 1.03 bits per heavy atom. The van der Waals surface area contributed by atoms with E-state index in [1.165, 1.54) is 6.92 Å². The van der Waals surface area contributed by atoms with Crippen molar-refractivity contribution in [2.45, 2.75) is 26.7 Å². The monoisotopic (exact) mass is 417 g/mol. The van der Waals surface area contributed by atoms with Crippen LogP contribution in [-0.2, 0) is 20.7 Å². The number of benzene rings is 2. The standard InChI is InChI=1S/C22H24ClNO5/c1-15-5-10-19(23)21(12-15)28-14-22(27)29-13-20(26)18-8-6-17(7-9-18)4-3-11-24-16(2)25/h5-10,12H,3-4,11,13-14H2,1-2H3,(H,24,25). The van der Waals surface area contributed by atoms with E-state index in [9.17, 15) is 14.4 Å². The maximum atomic E-state index is 12.2. The van der Waals surface area contributed by atoms with Gasteiger partial charge in [-0.1, -0.05) is 41.9 Å². The predicted octanol–water partition coefficient (Wildman–Crippen LogP) is 3.52. The van der Waals surface area contributed by atoms with E-state index in [1.807, 2.05) is 25.1 Å². The molecule has 0 saturated carbocycles. The molecule has 0 radical (unpaired) electrons. The van der Waals surface area contributed by atoms with Crippen molar-refractivity contribution in [3.8, 4) is 5.75 Å². The highest BCUT2D eigenvalue weighted by Gasteiger charge is 2.12. The number of rotatable bonds is 10. The van der Waals surface area contributed by atoms with Gasteiger partial charge in [0.05, 0.1) is 5.02 Å². The van der Waals surface area contributed by atoms with Crippen LogP contribution in [0.3, 0.4) is 0 Å². The van der Waals surface area contributed by atoms with Crippen molar-refractivity contribution in [3.63, 3.8) is 0 Å². The van der Waals surface area contributed by atoms with Gasteiger partial charge in [-0.3, -0.25) is 9.59 Å². The lowest BCUT2D eigenvalue weighted by Crippen LogP contribution is -2.21. The molecule has 0 aliphatic rings. The number of halogens is 1. The summed E-state index contributed by atoms with van der Waals surface area (Å²) in [5, 5.41) is 3.14. The molecule has 7 heteroatoms. The van der Waals surface area contributed by atoms with E-state index in [0.717, 1.165) is 24.0 Å². The summed E-state index contributed by atoms with van der Waals surface area (Å²) in [6, 6.07) is 12.3. The predicted molar refractivity (Wildman–Crippen MR) is 110 cm³/mol. The summed E-state index contributed by atoms with van der Waals surface area (Å²) >= 11 is 6.00. The molecule has 0 fully saturated rings. The lowest BCUT2D eigenvalue weighted by atomic mass is 10.1. The van der Waals surface area contributed by atoms with Crippen LogP contribution in [0.1, 0.15) is 34.8 Å². The van der Waals surface area contributed by atoms with Crippen LogP contribution in [0.4, 0.5) is 0 Å². The van der Waals surface area contributed by atoms with Gasteiger partial charge in [-0.25, -0.2) is 4.79 Å². The van der Waals surface area contributed by atoms with Gasteiger partial charge in [-0.15, -0.1) is 0 Å². The van der Waals surface area contributed by atoms with Crippen LogP contribution in [0, 0.1) is 6.92 Å². The molecule has 0 bridgehead atoms. The zero-order valence-corrected chi connectivity index (χ0v) is 17.3. The molecule has 6 nitrogen and oxygen atoms in total. The summed E-state index contributed by atoms with van der Waals surface area (Å²) in [5.41, 5.74) is 2.48. The van der Waals surface area contributed by atoms with Crippen LogP contribution in [-0.4, -0.2) is 37.4 Å². The van der Waals surface area contributed by atoms with Crippen LogP contribution in [0.25, 0.3) is 0 Å². The fourth-order valence-electron chi connectivity index (χ4n) is 2.54. The first kappa shape index (κ1) is 22.4. The molecule has 0 heterocycles. The topological polar surface area (TPSA) is 81.7 Å². The van der Waals surface area contributed by atoms with E-state index in [0.29, 0.717) is 22.9 Å². The first-order valence-corrected chi connectivity index (χ1v) is 9.64. The van der Waals surface area contributed by atoms with E-state index in [2.05, 4.69) is 5.32 Å². The number of nitrogens with one attached hydrogen (secondary N) is 1. The van der Waals surface area contributed by atoms with Crippen molar-refractivity contribution in [3.05, 3.63) is 64.2 Å². The molecule has 29 heavy (non-hydrogen) atoms. The Hall–Kier alpha value is -2.86. The highest BCUT2D eigenvalue weighted by Crippen LogP contribution is 2.25. The lowest BCUT2D eigenvalue weighted by molar-refractivity contribution is -0.144. The third-order valence-electron chi connectivity index (χ3n) is 4.09. The summed E-state index contributed by atoms with van der Waals surface area (Å²) in [6.07, 6.45) is 1.61. The first-order chi connectivity index (χ1) is 13.8. The number of carbonyl (C=O) groups is 3. The van der Waals surface area contributed by atoms with Crippen molar-refractivity contribution in [1.82, 2.24) is 5.32 Å². The Labute approximate surface area is 175 Å². The van der Waals surface area contributed by atoms with Crippen LogP contribution in [0.2, 0.25) is 5.02 Å². The highest BCUT2D eigenvalue weighted by molar-refractivity contribution is 6.32. The molecule has 0 spiro atoms. The molecule has 0 aliphatic heterocycles. The number of ketones is 1. The third-order valence-corrected chi connectivity index (χ3v) is 4.40. The molecule has 0 atom stereocenters. The molecule has 2 aromatic carbocycles. The van der Waals surface area contributed by atoms with Crippen molar-refractivity contribution < 1.29 is 23.9 Å². The number of hydrogen-bond acceptors (Lipinski definition) is 5. The second-order valence-corrected chi connectivity index (χ2v) is 7.00. The van der Waals surface area contributed by atoms with Crippen molar-refractivity contribution in [1.29, 1.82) is 0 Å². The number of aryl methyl sites for hydroxylation is 2. The number of esters is 1. The third kappa shape index (κ3) is 7.95. The number of carbonyl (C=O) groups excluding carboxylic acids is 3. The van der Waals surface area contributed by atoms with Crippen LogP contribution < -0.4 is 10.1 Å². The first-order valence-electron chi connectivity index (χ1n) is 9.26. The molecule has 154 valence electrons. The minimum atomic E-state index is -0.648. The smallest absolute Gasteiger partial charge is 0.344 e. The van der Waals surface area contributed by atoms with Gasteiger partial charge in [0.2, 0.25) is 5.91 Å². The van der Waals surface area contributed by atoms with Gasteiger partial charge in [0.15, 0.2) is 19.0 Å². The number of hydrogen-bond donors (Lipinski definition) is 1. The second-order valence-electron chi connectivity index (χ2n) is 6.59. The molecule has 1 N–H and O–H groups in total. The van der Waals surface area contributed by atoms with Gasteiger partial charge in [-0.05, 0) is 43.0 Å². The molecule has 2 aromatic rings. The quantitative estimate of drug-likeness (QED) is 0.363. The summed E-state index contributed by atoms with van der Waals surface area (Å²) in [5.74, 6) is -0.598. The van der Waals surface area contributed by atoms with Crippen molar-refractivity contribution in [2.75, 3.05) is 19.8 Å². The van der Waals surface area contributed by atoms with E-state index >= 15 is 0 Å². The Morgan fingerprint density at radius 2 is 1.76 bits per heavy atom. The lowest BCUT2D eigenvalue weighted by Gasteiger charge is -2.09. The molecule has 1 amide bonds. The summed E-state index contributed by atoms with van der Waals surface area (Å²) < 4.78 is 10.3. The van der Waals surface area contributed by atoms with Crippen molar-refractivity contribution in [2.24, 2.45) is 0 Å². The van der Waals surface area contributed by atoms with Crippen LogP contribution in [0.5, 0.6) is 5.75 Å². The van der Waals surface area contributed by atoms with Gasteiger partial charge in [0, 0.05) is 19.0 Å². The van der Waals surface area contributed by atoms with Crippen LogP contribution >= 0.6 is 11.6 Å². The SMILES string of the molecule is CC(=O)NCCCc1ccc(C(=O)COC(=O)COc2cc(C)ccc2Cl)cc1. The van der Waals surface area contributed by atoms with Gasteiger partial charge in [-0.2, -0.15) is 0 Å². The average molecular weight is 418 g/mol. The van der Waals surface area contributed by atoms with Gasteiger partial charge in [0.25, 0.3) is 0 Å². The summed E-state index contributed by atoms with van der Waals surface area (Å²) in [4.78, 5) is 34.8. The fraction of sp³-hybridized carbons (Fsp3) is 0.318. The zero-order chi connectivity index (χ0) is 21.2. The molecule has 0 aliphatic carbocycles. The Balaban J connectivity index is 1.74. The molecule has 0 saturated heterocycles. The Kier molecular flexibility index (Phi) is 8.68. The van der Waals surface area contributed by atoms with Gasteiger partial charge < -0.3 is 14.8 Å². The zero-order valence-electron chi connectivity index (χ0n) is 16.5. The molecular weight excluding hydrogens is 394 g/mol. The second kappa shape index (κ2) is 11.2. The molecular formula is C22H24ClNO5. The summed E-state index contributed by atoms with van der Waals surface area (Å²) in [7, 11) is 0. The number of amides is 1. The number of Topliss-reactive ketones (excluding diaryl/α,β-unsaturated/α-hetero) is 1. The molecule has 2 rings (SSSR count). The summed E-state index contributed by atoms with van der Waals surface area (Å²) in [6.45, 7) is 3.29. The van der Waals surface area contributed by atoms with Crippen LogP contribution in [0.15, 0.2) is 42.5 Å². The van der Waals surface area contributed by atoms with E-state index < -0.39 is 5.97 Å². The van der Waals surface area contributed by atoms with Gasteiger partial charge in [0.1, 0.15) is 5.75 Å². The number of ether oxygens (including phenoxy) is 2. The van der Waals surface area contributed by atoms with E-state index in [1.54, 1.807) is 24.3 Å².